The average molecular weight is 553 g/mol. The van der Waals surface area contributed by atoms with Gasteiger partial charge >= 0.3 is 11.9 Å². The highest BCUT2D eigenvalue weighted by Gasteiger charge is 2.22. The first kappa shape index (κ1) is 28.3. The smallest absolute Gasteiger partial charge is 0.341 e. The molecule has 11 heteroatoms. The van der Waals surface area contributed by atoms with Crippen molar-refractivity contribution in [2.45, 2.75) is 39.5 Å². The number of fused-ring (bicyclic) bond motifs is 1. The van der Waals surface area contributed by atoms with Gasteiger partial charge in [-0.25, -0.2) is 14.6 Å². The summed E-state index contributed by atoms with van der Waals surface area (Å²) in [7, 11) is 1.50. The highest BCUT2D eigenvalue weighted by atomic mass is 16.7. The number of benzene rings is 2. The van der Waals surface area contributed by atoms with Crippen molar-refractivity contribution in [3.05, 3.63) is 59.2 Å². The van der Waals surface area contributed by atoms with Crippen LogP contribution in [-0.4, -0.2) is 58.8 Å². The topological polar surface area (TPSA) is 139 Å². The van der Waals surface area contributed by atoms with E-state index in [1.54, 1.807) is 47.2 Å². The molecule has 0 bridgehead atoms. The first-order valence-electron chi connectivity index (χ1n) is 12.9. The van der Waals surface area contributed by atoms with E-state index in [1.807, 2.05) is 6.92 Å². The lowest BCUT2D eigenvalue weighted by atomic mass is 10.0. The fourth-order valence-electron chi connectivity index (χ4n) is 4.32. The molecule has 4 rings (SSSR count). The number of rotatable bonds is 14. The summed E-state index contributed by atoms with van der Waals surface area (Å²) < 4.78 is 29.4. The number of unbranched alkanes of at least 4 members (excludes halogenated alkanes) is 1. The number of aromatic nitrogens is 2. The third-order valence-corrected chi connectivity index (χ3v) is 6.21. The molecular formula is C29H32N2O9. The van der Waals surface area contributed by atoms with Crippen molar-refractivity contribution in [1.82, 2.24) is 9.55 Å². The third-order valence-electron chi connectivity index (χ3n) is 6.21. The van der Waals surface area contributed by atoms with Gasteiger partial charge in [0.2, 0.25) is 6.79 Å². The Bertz CT molecular complexity index is 1410. The largest absolute Gasteiger partial charge is 0.497 e. The molecule has 0 aliphatic carbocycles. The molecule has 1 aliphatic rings. The SMILES string of the molecule is CCCCc1ncc(/C=C(\Cc2cc3c(cc2OCC)OCO3)C(=O)O)n1-c1ccc(OC)cc1OCC(=O)O. The summed E-state index contributed by atoms with van der Waals surface area (Å²) in [6, 6.07) is 8.48. The highest BCUT2D eigenvalue weighted by molar-refractivity contribution is 5.92. The fourth-order valence-corrected chi connectivity index (χ4v) is 4.32. The zero-order chi connectivity index (χ0) is 28.6. The molecule has 0 fully saturated rings. The van der Waals surface area contributed by atoms with Gasteiger partial charge in [-0.3, -0.25) is 4.57 Å². The van der Waals surface area contributed by atoms with Crippen molar-refractivity contribution < 1.29 is 43.5 Å². The van der Waals surface area contributed by atoms with Crippen LogP contribution in [0.5, 0.6) is 28.7 Å². The number of ether oxygens (including phenoxy) is 5. The van der Waals surface area contributed by atoms with E-state index >= 15 is 0 Å². The Morgan fingerprint density at radius 2 is 1.85 bits per heavy atom. The van der Waals surface area contributed by atoms with E-state index in [1.165, 1.54) is 7.11 Å². The quantitative estimate of drug-likeness (QED) is 0.274. The van der Waals surface area contributed by atoms with E-state index < -0.39 is 18.5 Å². The minimum Gasteiger partial charge on any atom is -0.497 e. The van der Waals surface area contributed by atoms with E-state index in [0.29, 0.717) is 58.8 Å². The van der Waals surface area contributed by atoms with Gasteiger partial charge < -0.3 is 33.9 Å². The Hall–Kier alpha value is -4.67. The van der Waals surface area contributed by atoms with Crippen LogP contribution in [0, 0.1) is 0 Å². The minimum absolute atomic E-state index is 0.0434. The van der Waals surface area contributed by atoms with Crippen LogP contribution in [0.4, 0.5) is 0 Å². The Balaban J connectivity index is 1.81. The summed E-state index contributed by atoms with van der Waals surface area (Å²) in [5.41, 5.74) is 1.73. The number of imidazole rings is 1. The van der Waals surface area contributed by atoms with Crippen LogP contribution >= 0.6 is 0 Å². The summed E-state index contributed by atoms with van der Waals surface area (Å²) in [6.07, 6.45) is 5.59. The molecular weight excluding hydrogens is 520 g/mol. The van der Waals surface area contributed by atoms with Crippen LogP contribution in [0.1, 0.15) is 43.8 Å². The van der Waals surface area contributed by atoms with Crippen LogP contribution < -0.4 is 23.7 Å². The van der Waals surface area contributed by atoms with Gasteiger partial charge in [0.25, 0.3) is 0 Å². The van der Waals surface area contributed by atoms with Crippen molar-refractivity contribution in [2.75, 3.05) is 27.1 Å². The lowest BCUT2D eigenvalue weighted by Crippen LogP contribution is -2.13. The standard InChI is InChI=1S/C29H32N2O9/c1-4-6-7-27-30-15-20(31(27)22-9-8-21(36-3)13-24(22)38-16-28(32)33)11-19(29(34)35)10-18-12-25-26(40-17-39-25)14-23(18)37-5-2/h8-9,11-15H,4-7,10,16-17H2,1-3H3,(H,32,33)(H,34,35)/b19-11+. The number of carbonyl (C=O) groups is 2. The Morgan fingerprint density at radius 3 is 2.52 bits per heavy atom. The van der Waals surface area contributed by atoms with E-state index in [9.17, 15) is 19.8 Å². The molecule has 0 saturated carbocycles. The number of aryl methyl sites for hydroxylation is 1. The summed E-state index contributed by atoms with van der Waals surface area (Å²) >= 11 is 0. The normalized spacial score (nSPS) is 12.3. The minimum atomic E-state index is -1.13. The van der Waals surface area contributed by atoms with E-state index in [4.69, 9.17) is 23.7 Å². The maximum absolute atomic E-state index is 12.5. The molecule has 2 heterocycles. The summed E-state index contributed by atoms with van der Waals surface area (Å²) in [4.78, 5) is 28.3. The van der Waals surface area contributed by atoms with Crippen LogP contribution in [-0.2, 0) is 22.4 Å². The Kier molecular flexibility index (Phi) is 9.15. The van der Waals surface area contributed by atoms with Crippen LogP contribution in [0.25, 0.3) is 11.8 Å². The summed E-state index contributed by atoms with van der Waals surface area (Å²) in [5.74, 6) is 0.755. The average Bonchev–Trinajstić information content (AvgIpc) is 3.56. The van der Waals surface area contributed by atoms with Gasteiger partial charge in [-0.1, -0.05) is 13.3 Å². The van der Waals surface area contributed by atoms with Crippen molar-refractivity contribution >= 4 is 18.0 Å². The van der Waals surface area contributed by atoms with Gasteiger partial charge in [0, 0.05) is 36.1 Å². The van der Waals surface area contributed by atoms with Gasteiger partial charge in [-0.15, -0.1) is 0 Å². The van der Waals surface area contributed by atoms with E-state index in [2.05, 4.69) is 11.9 Å². The molecule has 1 aliphatic heterocycles. The van der Waals surface area contributed by atoms with Gasteiger partial charge in [-0.2, -0.15) is 0 Å². The van der Waals surface area contributed by atoms with Crippen LogP contribution in [0.15, 0.2) is 42.1 Å². The van der Waals surface area contributed by atoms with Crippen molar-refractivity contribution in [2.24, 2.45) is 0 Å². The van der Waals surface area contributed by atoms with E-state index in [0.717, 1.165) is 12.8 Å². The predicted molar refractivity (Wildman–Crippen MR) is 145 cm³/mol. The second kappa shape index (κ2) is 12.9. The van der Waals surface area contributed by atoms with Gasteiger partial charge in [0.1, 0.15) is 23.1 Å². The highest BCUT2D eigenvalue weighted by Crippen LogP contribution is 2.39. The second-order valence-corrected chi connectivity index (χ2v) is 8.95. The number of carboxylic acids is 2. The van der Waals surface area contributed by atoms with Crippen LogP contribution in [0.3, 0.4) is 0 Å². The molecule has 2 aromatic carbocycles. The first-order valence-corrected chi connectivity index (χ1v) is 12.9. The molecule has 11 nitrogen and oxygen atoms in total. The molecule has 3 aromatic rings. The maximum Gasteiger partial charge on any atom is 0.341 e. The summed E-state index contributed by atoms with van der Waals surface area (Å²) in [6.45, 7) is 3.82. The summed E-state index contributed by atoms with van der Waals surface area (Å²) in [5, 5.41) is 19.4. The predicted octanol–water partition coefficient (Wildman–Crippen LogP) is 4.53. The first-order chi connectivity index (χ1) is 19.3. The third kappa shape index (κ3) is 6.48. The zero-order valence-electron chi connectivity index (χ0n) is 22.6. The number of nitrogens with zero attached hydrogens (tertiary/aromatic N) is 2. The molecule has 0 radical (unpaired) electrons. The Morgan fingerprint density at radius 1 is 1.07 bits per heavy atom. The van der Waals surface area contributed by atoms with Gasteiger partial charge in [-0.05, 0) is 37.6 Å². The number of hydrogen-bond donors (Lipinski definition) is 2. The monoisotopic (exact) mass is 552 g/mol. The number of methoxy groups -OCH3 is 1. The molecule has 0 atom stereocenters. The number of carboxylic acid groups (broad SMARTS) is 2. The number of hydrogen-bond acceptors (Lipinski definition) is 8. The molecule has 0 saturated heterocycles. The zero-order valence-corrected chi connectivity index (χ0v) is 22.6. The van der Waals surface area contributed by atoms with Crippen molar-refractivity contribution in [3.8, 4) is 34.4 Å². The van der Waals surface area contributed by atoms with Crippen LogP contribution in [0.2, 0.25) is 0 Å². The Labute approximate surface area is 231 Å². The molecule has 40 heavy (non-hydrogen) atoms. The van der Waals surface area contributed by atoms with Crippen molar-refractivity contribution in [1.29, 1.82) is 0 Å². The van der Waals surface area contributed by atoms with Crippen molar-refractivity contribution in [3.63, 3.8) is 0 Å². The van der Waals surface area contributed by atoms with Gasteiger partial charge in [0.05, 0.1) is 31.3 Å². The molecule has 1 aromatic heterocycles. The van der Waals surface area contributed by atoms with E-state index in [-0.39, 0.29) is 24.5 Å². The molecule has 2 N–H and O–H groups in total. The molecule has 0 unspecified atom stereocenters. The second-order valence-electron chi connectivity index (χ2n) is 8.95. The number of aliphatic carboxylic acids is 2. The fraction of sp³-hybridized carbons (Fsp3) is 0.345. The molecule has 0 amide bonds. The maximum atomic E-state index is 12.5. The molecule has 0 spiro atoms. The lowest BCUT2D eigenvalue weighted by molar-refractivity contribution is -0.139. The molecule has 212 valence electrons. The lowest BCUT2D eigenvalue weighted by Gasteiger charge is -2.17. The van der Waals surface area contributed by atoms with Gasteiger partial charge in [0.15, 0.2) is 18.1 Å².